The third-order valence-electron chi connectivity index (χ3n) is 7.26. The molecular formula is C29H33N3O. The molecule has 0 atom stereocenters. The summed E-state index contributed by atoms with van der Waals surface area (Å²) in [5.41, 5.74) is 4.91. The lowest BCUT2D eigenvalue weighted by Crippen LogP contribution is -2.47. The van der Waals surface area contributed by atoms with E-state index in [1.165, 1.54) is 37.7 Å². The van der Waals surface area contributed by atoms with Crippen LogP contribution in [0.4, 0.5) is 5.69 Å². The van der Waals surface area contributed by atoms with Gasteiger partial charge in [0.2, 0.25) is 0 Å². The Morgan fingerprint density at radius 3 is 2.33 bits per heavy atom. The van der Waals surface area contributed by atoms with Crippen molar-refractivity contribution in [2.75, 3.05) is 44.2 Å². The van der Waals surface area contributed by atoms with Gasteiger partial charge in [-0.25, -0.2) is 0 Å². The SMILES string of the molecule is Cc1cccc(N2CCN(CCCCNC(=O)c3ccc4c(c3)=c3ccccc3=4)CC2)c1C. The van der Waals surface area contributed by atoms with Gasteiger partial charge in [-0.1, -0.05) is 42.5 Å². The summed E-state index contributed by atoms with van der Waals surface area (Å²) in [7, 11) is 0. The van der Waals surface area contributed by atoms with Crippen molar-refractivity contribution in [3.63, 3.8) is 0 Å². The van der Waals surface area contributed by atoms with Gasteiger partial charge in [-0.05, 0) is 83.4 Å². The number of nitrogens with zero attached hydrogens (tertiary/aromatic N) is 2. The number of amides is 1. The van der Waals surface area contributed by atoms with Crippen LogP contribution in [-0.2, 0) is 0 Å². The molecule has 0 spiro atoms. The highest BCUT2D eigenvalue weighted by Crippen LogP contribution is 2.24. The van der Waals surface area contributed by atoms with Gasteiger partial charge in [0.25, 0.3) is 5.91 Å². The highest BCUT2D eigenvalue weighted by molar-refractivity contribution is 5.94. The lowest BCUT2D eigenvalue weighted by Gasteiger charge is -2.37. The first-order valence-corrected chi connectivity index (χ1v) is 12.2. The molecule has 5 rings (SSSR count). The van der Waals surface area contributed by atoms with Gasteiger partial charge in [-0.15, -0.1) is 0 Å². The van der Waals surface area contributed by atoms with E-state index >= 15 is 0 Å². The number of piperazine rings is 1. The smallest absolute Gasteiger partial charge is 0.251 e. The van der Waals surface area contributed by atoms with E-state index in [0.717, 1.165) is 57.7 Å². The maximum Gasteiger partial charge on any atom is 0.251 e. The number of benzene rings is 3. The number of rotatable bonds is 7. The van der Waals surface area contributed by atoms with Crippen LogP contribution >= 0.6 is 0 Å². The zero-order chi connectivity index (χ0) is 22.8. The van der Waals surface area contributed by atoms with Gasteiger partial charge in [-0.3, -0.25) is 9.69 Å². The second-order valence-corrected chi connectivity index (χ2v) is 9.32. The first-order valence-electron chi connectivity index (χ1n) is 12.2. The van der Waals surface area contributed by atoms with Crippen molar-refractivity contribution < 1.29 is 4.79 Å². The zero-order valence-electron chi connectivity index (χ0n) is 19.7. The van der Waals surface area contributed by atoms with Gasteiger partial charge >= 0.3 is 0 Å². The standard InChI is InChI=1S/C29H33N3O/c1-21-8-7-11-28(22(21)2)32-18-16-31(17-19-32)15-6-5-14-30-29(33)23-12-13-26-24-9-3-4-10-25(24)27(26)20-23/h3-4,7-13,20H,5-6,14-19H2,1-2H3,(H,30,33). The molecule has 1 saturated heterocycles. The molecule has 0 aromatic heterocycles. The molecule has 4 nitrogen and oxygen atoms in total. The van der Waals surface area contributed by atoms with Crippen molar-refractivity contribution in [1.29, 1.82) is 0 Å². The number of carbonyl (C=O) groups excluding carboxylic acids is 1. The Morgan fingerprint density at radius 1 is 0.818 bits per heavy atom. The van der Waals surface area contributed by atoms with E-state index in [-0.39, 0.29) is 5.91 Å². The Hall–Kier alpha value is -3.11. The zero-order valence-corrected chi connectivity index (χ0v) is 19.7. The minimum atomic E-state index is 0.0318. The van der Waals surface area contributed by atoms with Crippen LogP contribution in [0.5, 0.6) is 0 Å². The van der Waals surface area contributed by atoms with Crippen LogP contribution in [0.25, 0.3) is 0 Å². The van der Waals surface area contributed by atoms with E-state index in [1.807, 2.05) is 12.1 Å². The summed E-state index contributed by atoms with van der Waals surface area (Å²) in [5.74, 6) is 0.0318. The first-order chi connectivity index (χ1) is 16.1. The Kier molecular flexibility index (Phi) is 6.19. The van der Waals surface area contributed by atoms with Gasteiger partial charge in [0.05, 0.1) is 0 Å². The van der Waals surface area contributed by atoms with Crippen molar-refractivity contribution >= 4 is 11.6 Å². The fraction of sp³-hybridized carbons (Fsp3) is 0.345. The van der Waals surface area contributed by atoms with Crippen LogP contribution in [0.3, 0.4) is 0 Å². The number of nitrogens with one attached hydrogen (secondary N) is 1. The topological polar surface area (TPSA) is 35.6 Å². The van der Waals surface area contributed by atoms with Crippen LogP contribution in [0, 0.1) is 34.7 Å². The predicted octanol–water partition coefficient (Wildman–Crippen LogP) is 4.52. The van der Waals surface area contributed by atoms with Gasteiger partial charge < -0.3 is 10.2 Å². The Balaban J connectivity index is 1.05. The maximum absolute atomic E-state index is 12.6. The summed E-state index contributed by atoms with van der Waals surface area (Å²) in [6.45, 7) is 10.6. The fourth-order valence-corrected chi connectivity index (χ4v) is 5.09. The second kappa shape index (κ2) is 9.40. The minimum absolute atomic E-state index is 0.0318. The van der Waals surface area contributed by atoms with E-state index in [9.17, 15) is 4.79 Å². The van der Waals surface area contributed by atoms with Crippen LogP contribution in [-0.4, -0.2) is 50.1 Å². The van der Waals surface area contributed by atoms with Gasteiger partial charge in [0, 0.05) is 44.0 Å². The summed E-state index contributed by atoms with van der Waals surface area (Å²) in [5, 5.41) is 8.08. The monoisotopic (exact) mass is 439 g/mol. The molecule has 33 heavy (non-hydrogen) atoms. The van der Waals surface area contributed by atoms with Crippen molar-refractivity contribution in [3.05, 3.63) is 98.2 Å². The van der Waals surface area contributed by atoms with E-state index < -0.39 is 0 Å². The van der Waals surface area contributed by atoms with Crippen molar-refractivity contribution in [1.82, 2.24) is 10.2 Å². The van der Waals surface area contributed by atoms with Crippen LogP contribution in [0.2, 0.25) is 0 Å². The normalized spacial score (nSPS) is 14.9. The van der Waals surface area contributed by atoms with Crippen LogP contribution in [0.15, 0.2) is 60.7 Å². The van der Waals surface area contributed by atoms with Crippen LogP contribution in [0.1, 0.15) is 34.3 Å². The van der Waals surface area contributed by atoms with E-state index in [4.69, 9.17) is 0 Å². The highest BCUT2D eigenvalue weighted by atomic mass is 16.1. The number of hydrogen-bond acceptors (Lipinski definition) is 3. The van der Waals surface area contributed by atoms with Crippen molar-refractivity contribution in [2.24, 2.45) is 0 Å². The van der Waals surface area contributed by atoms with E-state index in [2.05, 4.69) is 77.5 Å². The first kappa shape index (κ1) is 21.7. The molecule has 0 bridgehead atoms. The quantitative estimate of drug-likeness (QED) is 0.430. The van der Waals surface area contributed by atoms with Crippen LogP contribution < -0.4 is 10.2 Å². The largest absolute Gasteiger partial charge is 0.369 e. The number of unbranched alkanes of at least 4 members (excludes halogenated alkanes) is 1. The summed E-state index contributed by atoms with van der Waals surface area (Å²) < 4.78 is 0. The molecule has 1 heterocycles. The molecular weight excluding hydrogens is 406 g/mol. The average Bonchev–Trinajstić information content (AvgIpc) is 2.84. The Morgan fingerprint density at radius 2 is 1.55 bits per heavy atom. The Labute approximate surface area is 195 Å². The number of hydrogen-bond donors (Lipinski definition) is 1. The molecule has 1 aliphatic carbocycles. The minimum Gasteiger partial charge on any atom is -0.369 e. The molecule has 0 unspecified atom stereocenters. The second-order valence-electron chi connectivity index (χ2n) is 9.32. The van der Waals surface area contributed by atoms with E-state index in [1.54, 1.807) is 0 Å². The van der Waals surface area contributed by atoms with Crippen molar-refractivity contribution in [2.45, 2.75) is 26.7 Å². The molecule has 2 aliphatic rings. The van der Waals surface area contributed by atoms with Gasteiger partial charge in [-0.2, -0.15) is 0 Å². The number of anilines is 1. The Bertz CT molecular complexity index is 1360. The fourth-order valence-electron chi connectivity index (χ4n) is 5.09. The molecule has 0 radical (unpaired) electrons. The summed E-state index contributed by atoms with van der Waals surface area (Å²) in [4.78, 5) is 17.7. The molecule has 0 saturated carbocycles. The average molecular weight is 440 g/mol. The third-order valence-corrected chi connectivity index (χ3v) is 7.26. The van der Waals surface area contributed by atoms with Gasteiger partial charge in [0.1, 0.15) is 0 Å². The maximum atomic E-state index is 12.6. The molecule has 1 N–H and O–H groups in total. The highest BCUT2D eigenvalue weighted by Gasteiger charge is 2.18. The van der Waals surface area contributed by atoms with Crippen molar-refractivity contribution in [3.8, 4) is 0 Å². The predicted molar refractivity (Wildman–Crippen MR) is 134 cm³/mol. The number of carbonyl (C=O) groups is 1. The molecule has 3 aromatic carbocycles. The van der Waals surface area contributed by atoms with Gasteiger partial charge in [0.15, 0.2) is 0 Å². The molecule has 1 fully saturated rings. The molecule has 3 aromatic rings. The van der Waals surface area contributed by atoms with E-state index in [0.29, 0.717) is 0 Å². The molecule has 1 aliphatic heterocycles. The lowest BCUT2D eigenvalue weighted by atomic mass is 9.99. The summed E-state index contributed by atoms with van der Waals surface area (Å²) >= 11 is 0. The third kappa shape index (κ3) is 4.40. The molecule has 4 heteroatoms. The summed E-state index contributed by atoms with van der Waals surface area (Å²) in [6.07, 6.45) is 2.12. The number of aryl methyl sites for hydroxylation is 1. The molecule has 1 amide bonds. The number of fused-ring (bicyclic) bond motifs is 2. The summed E-state index contributed by atoms with van der Waals surface area (Å²) in [6, 6.07) is 21.0. The molecule has 170 valence electrons. The lowest BCUT2D eigenvalue weighted by molar-refractivity contribution is 0.0952.